The van der Waals surface area contributed by atoms with Gasteiger partial charge in [0.1, 0.15) is 17.4 Å². The van der Waals surface area contributed by atoms with Gasteiger partial charge in [-0.15, -0.1) is 0 Å². The maximum absolute atomic E-state index is 12.1. The summed E-state index contributed by atoms with van der Waals surface area (Å²) in [5.74, 6) is -1.26. The topological polar surface area (TPSA) is 134 Å². The van der Waals surface area contributed by atoms with Crippen molar-refractivity contribution in [3.8, 4) is 11.8 Å². The minimum absolute atomic E-state index is 0.00507. The average molecular weight is 380 g/mol. The van der Waals surface area contributed by atoms with Gasteiger partial charge in [0.15, 0.2) is 0 Å². The second kappa shape index (κ2) is 9.49. The number of hydrogen-bond acceptors (Lipinski definition) is 7. The van der Waals surface area contributed by atoms with Gasteiger partial charge in [-0.3, -0.25) is 25.0 Å². The van der Waals surface area contributed by atoms with E-state index in [0.29, 0.717) is 5.69 Å². The molecule has 0 aliphatic carbocycles. The van der Waals surface area contributed by atoms with Crippen molar-refractivity contribution in [1.29, 1.82) is 5.26 Å². The molecule has 2 aromatic rings. The number of non-ortho nitro benzene ring substituents is 1. The van der Waals surface area contributed by atoms with E-state index in [-0.39, 0.29) is 23.4 Å². The molecule has 0 aliphatic heterocycles. The molecule has 0 spiro atoms. The molecule has 9 nitrogen and oxygen atoms in total. The molecule has 0 aromatic heterocycles. The fraction of sp³-hybridized carbons (Fsp3) is 0.105. The summed E-state index contributed by atoms with van der Waals surface area (Å²) in [5, 5.41) is 24.8. The summed E-state index contributed by atoms with van der Waals surface area (Å²) >= 11 is 0. The number of methoxy groups -OCH3 is 1. The van der Waals surface area contributed by atoms with Crippen LogP contribution >= 0.6 is 0 Å². The molecule has 0 heterocycles. The van der Waals surface area contributed by atoms with Crippen molar-refractivity contribution in [2.75, 3.05) is 12.4 Å². The van der Waals surface area contributed by atoms with E-state index in [1.54, 1.807) is 36.4 Å². The number of carbonyl (C=O) groups excluding carboxylic acids is 2. The Bertz CT molecular complexity index is 964. The molecule has 0 saturated heterocycles. The maximum Gasteiger partial charge on any atom is 0.273 e. The van der Waals surface area contributed by atoms with Crippen molar-refractivity contribution < 1.29 is 19.2 Å². The molecule has 0 aliphatic rings. The zero-order chi connectivity index (χ0) is 20.5. The van der Waals surface area contributed by atoms with Crippen LogP contribution in [0.15, 0.2) is 60.3 Å². The summed E-state index contributed by atoms with van der Waals surface area (Å²) in [5.41, 5.74) is 0.520. The van der Waals surface area contributed by atoms with Crippen LogP contribution in [-0.2, 0) is 16.0 Å². The van der Waals surface area contributed by atoms with Gasteiger partial charge >= 0.3 is 0 Å². The Morgan fingerprint density at radius 2 is 1.96 bits per heavy atom. The smallest absolute Gasteiger partial charge is 0.273 e. The van der Waals surface area contributed by atoms with E-state index in [4.69, 9.17) is 10.00 Å². The molecule has 2 amide bonds. The van der Waals surface area contributed by atoms with E-state index < -0.39 is 16.7 Å². The first-order chi connectivity index (χ1) is 13.4. The molecule has 142 valence electrons. The Labute approximate surface area is 160 Å². The normalized spacial score (nSPS) is 10.5. The van der Waals surface area contributed by atoms with Crippen LogP contribution in [0.3, 0.4) is 0 Å². The number of anilines is 1. The monoisotopic (exact) mass is 380 g/mol. The predicted molar refractivity (Wildman–Crippen MR) is 100 cm³/mol. The summed E-state index contributed by atoms with van der Waals surface area (Å²) in [4.78, 5) is 34.3. The fourth-order valence-corrected chi connectivity index (χ4v) is 2.23. The van der Waals surface area contributed by atoms with Crippen LogP contribution in [-0.4, -0.2) is 23.8 Å². The lowest BCUT2D eigenvalue weighted by atomic mass is 10.1. The number of ether oxygens (including phenoxy) is 1. The minimum Gasteiger partial charge on any atom is -0.494 e. The summed E-state index contributed by atoms with van der Waals surface area (Å²) in [6, 6.07) is 14.3. The standard InChI is InChI=1S/C19H16N4O5/c1-28-17-10-15(23(26)27)7-8-16(17)21-12-14(11-20)19(25)22-18(24)9-13-5-3-2-4-6-13/h2-8,10,12,21H,9H2,1H3,(H,22,24,25)/b14-12+. The van der Waals surface area contributed by atoms with E-state index in [9.17, 15) is 19.7 Å². The van der Waals surface area contributed by atoms with Crippen LogP contribution in [0.2, 0.25) is 0 Å². The molecule has 0 saturated carbocycles. The van der Waals surface area contributed by atoms with Crippen molar-refractivity contribution in [2.45, 2.75) is 6.42 Å². The molecule has 0 radical (unpaired) electrons. The molecule has 2 rings (SSSR count). The molecular weight excluding hydrogens is 364 g/mol. The van der Waals surface area contributed by atoms with Gasteiger partial charge in [0.25, 0.3) is 11.6 Å². The van der Waals surface area contributed by atoms with Gasteiger partial charge in [-0.05, 0) is 11.6 Å². The minimum atomic E-state index is -0.864. The molecule has 2 N–H and O–H groups in total. The number of nitrogens with one attached hydrogen (secondary N) is 2. The Balaban J connectivity index is 2.07. The number of carbonyl (C=O) groups is 2. The van der Waals surface area contributed by atoms with Gasteiger partial charge in [-0.1, -0.05) is 30.3 Å². The van der Waals surface area contributed by atoms with Crippen LogP contribution < -0.4 is 15.4 Å². The zero-order valence-corrected chi connectivity index (χ0v) is 14.8. The van der Waals surface area contributed by atoms with Gasteiger partial charge < -0.3 is 10.1 Å². The summed E-state index contributed by atoms with van der Waals surface area (Å²) < 4.78 is 5.06. The molecule has 28 heavy (non-hydrogen) atoms. The average Bonchev–Trinajstić information content (AvgIpc) is 2.69. The predicted octanol–water partition coefficient (Wildman–Crippen LogP) is 2.31. The molecule has 0 atom stereocenters. The highest BCUT2D eigenvalue weighted by molar-refractivity contribution is 6.07. The highest BCUT2D eigenvalue weighted by Gasteiger charge is 2.15. The lowest BCUT2D eigenvalue weighted by molar-refractivity contribution is -0.384. The molecule has 0 fully saturated rings. The number of amides is 2. The number of imide groups is 1. The third-order valence-electron chi connectivity index (χ3n) is 3.59. The Morgan fingerprint density at radius 3 is 2.57 bits per heavy atom. The second-order valence-corrected chi connectivity index (χ2v) is 5.50. The SMILES string of the molecule is COc1cc([N+](=O)[O-])ccc1N/C=C(\C#N)C(=O)NC(=O)Cc1ccccc1. The Hall–Kier alpha value is -4.19. The van der Waals surface area contributed by atoms with Crippen LogP contribution in [0.25, 0.3) is 0 Å². The van der Waals surface area contributed by atoms with E-state index in [0.717, 1.165) is 11.8 Å². The number of hydrogen-bond donors (Lipinski definition) is 2. The molecule has 0 unspecified atom stereocenters. The number of rotatable bonds is 7. The van der Waals surface area contributed by atoms with Gasteiger partial charge in [0, 0.05) is 12.3 Å². The van der Waals surface area contributed by atoms with Crippen LogP contribution in [0.1, 0.15) is 5.56 Å². The third kappa shape index (κ3) is 5.40. The van der Waals surface area contributed by atoms with Gasteiger partial charge in [-0.2, -0.15) is 5.26 Å². The van der Waals surface area contributed by atoms with Crippen molar-refractivity contribution in [3.05, 3.63) is 76.0 Å². The van der Waals surface area contributed by atoms with Gasteiger partial charge in [0.05, 0.1) is 30.2 Å². The first-order valence-corrected chi connectivity index (χ1v) is 8.02. The number of nitriles is 1. The summed E-state index contributed by atoms with van der Waals surface area (Å²) in [6.07, 6.45) is 1.09. The molecule has 9 heteroatoms. The largest absolute Gasteiger partial charge is 0.494 e. The van der Waals surface area contributed by atoms with Crippen LogP contribution in [0.4, 0.5) is 11.4 Å². The number of nitro groups is 1. The first-order valence-electron chi connectivity index (χ1n) is 8.02. The fourth-order valence-electron chi connectivity index (χ4n) is 2.23. The van der Waals surface area contributed by atoms with E-state index in [1.807, 2.05) is 0 Å². The van der Waals surface area contributed by atoms with Crippen molar-refractivity contribution >= 4 is 23.2 Å². The van der Waals surface area contributed by atoms with E-state index in [1.165, 1.54) is 25.3 Å². The Morgan fingerprint density at radius 1 is 1.25 bits per heavy atom. The number of benzene rings is 2. The Kier molecular flexibility index (Phi) is 6.82. The van der Waals surface area contributed by atoms with Gasteiger partial charge in [-0.25, -0.2) is 0 Å². The molecule has 0 bridgehead atoms. The summed E-state index contributed by atoms with van der Waals surface area (Å²) in [7, 11) is 1.33. The highest BCUT2D eigenvalue weighted by Crippen LogP contribution is 2.29. The number of nitro benzene ring substituents is 1. The molecular formula is C19H16N4O5. The van der Waals surface area contributed by atoms with Crippen LogP contribution in [0, 0.1) is 21.4 Å². The number of nitrogens with zero attached hydrogens (tertiary/aromatic N) is 2. The first kappa shape index (κ1) is 20.1. The molecule has 2 aromatic carbocycles. The van der Waals surface area contributed by atoms with Crippen LogP contribution in [0.5, 0.6) is 5.75 Å². The lowest BCUT2D eigenvalue weighted by Crippen LogP contribution is -2.32. The summed E-state index contributed by atoms with van der Waals surface area (Å²) in [6.45, 7) is 0. The van der Waals surface area contributed by atoms with E-state index >= 15 is 0 Å². The lowest BCUT2D eigenvalue weighted by Gasteiger charge is -2.08. The van der Waals surface area contributed by atoms with Gasteiger partial charge in [0.2, 0.25) is 5.91 Å². The van der Waals surface area contributed by atoms with E-state index in [2.05, 4.69) is 10.6 Å². The maximum atomic E-state index is 12.1. The zero-order valence-electron chi connectivity index (χ0n) is 14.8. The van der Waals surface area contributed by atoms with Crippen molar-refractivity contribution in [3.63, 3.8) is 0 Å². The second-order valence-electron chi connectivity index (χ2n) is 5.50. The van der Waals surface area contributed by atoms with Crippen molar-refractivity contribution in [1.82, 2.24) is 5.32 Å². The van der Waals surface area contributed by atoms with Crippen molar-refractivity contribution in [2.24, 2.45) is 0 Å². The quantitative estimate of drug-likeness (QED) is 0.326. The third-order valence-corrected chi connectivity index (χ3v) is 3.59. The highest BCUT2D eigenvalue weighted by atomic mass is 16.6.